The number of rotatable bonds is 10. The number of likely N-dealkylation sites (tertiary alicyclic amines) is 2. The molecule has 2 atom stereocenters. The predicted molar refractivity (Wildman–Crippen MR) is 204 cm³/mol. The maximum absolute atomic E-state index is 11.4. The van der Waals surface area contributed by atoms with E-state index in [1.54, 1.807) is 12.4 Å². The number of aliphatic hydroxyl groups is 1. The lowest BCUT2D eigenvalue weighted by Gasteiger charge is -2.17. The summed E-state index contributed by atoms with van der Waals surface area (Å²) in [5, 5.41) is 25.7. The first-order valence-electron chi connectivity index (χ1n) is 17.4. The van der Waals surface area contributed by atoms with E-state index in [2.05, 4.69) is 37.2 Å². The number of aliphatic hydroxyl groups excluding tert-OH is 1. The van der Waals surface area contributed by atoms with Gasteiger partial charge in [-0.2, -0.15) is 0 Å². The van der Waals surface area contributed by atoms with Crippen LogP contribution in [0.4, 0.5) is 11.5 Å². The van der Waals surface area contributed by atoms with Crippen LogP contribution < -0.4 is 5.32 Å². The van der Waals surface area contributed by atoms with Crippen LogP contribution in [0.1, 0.15) is 35.2 Å². The summed E-state index contributed by atoms with van der Waals surface area (Å²) in [6, 6.07) is 19.9. The average molecular weight is 735 g/mol. The van der Waals surface area contributed by atoms with Crippen molar-refractivity contribution in [1.82, 2.24) is 29.7 Å². The molecule has 2 aliphatic heterocycles. The Balaban J connectivity index is 1.02. The number of nitrogens with one attached hydrogen (secondary N) is 1. The van der Waals surface area contributed by atoms with Crippen molar-refractivity contribution >= 4 is 62.5 Å². The van der Waals surface area contributed by atoms with Crippen LogP contribution >= 0.6 is 23.2 Å². The summed E-state index contributed by atoms with van der Waals surface area (Å²) in [7, 11) is 0. The monoisotopic (exact) mass is 733 g/mol. The minimum absolute atomic E-state index is 0.261. The number of halogens is 2. The third-order valence-electron chi connectivity index (χ3n) is 10.0. The van der Waals surface area contributed by atoms with E-state index < -0.39 is 5.97 Å². The van der Waals surface area contributed by atoms with Gasteiger partial charge in [0.2, 0.25) is 0 Å². The third kappa shape index (κ3) is 7.17. The summed E-state index contributed by atoms with van der Waals surface area (Å²) in [6.45, 7) is 4.27. The molecule has 8 rings (SSSR count). The van der Waals surface area contributed by atoms with E-state index in [0.29, 0.717) is 54.0 Å². The van der Waals surface area contributed by atoms with Gasteiger partial charge in [-0.05, 0) is 66.4 Å². The van der Waals surface area contributed by atoms with Crippen molar-refractivity contribution in [3.05, 3.63) is 118 Å². The van der Waals surface area contributed by atoms with Crippen molar-refractivity contribution < 1.29 is 15.0 Å². The Morgan fingerprint density at radius 1 is 0.788 bits per heavy atom. The highest BCUT2D eigenvalue weighted by Crippen LogP contribution is 2.40. The van der Waals surface area contributed by atoms with Gasteiger partial charge >= 0.3 is 5.97 Å². The quantitative estimate of drug-likeness (QED) is 0.131. The molecule has 0 aliphatic carbocycles. The Morgan fingerprint density at radius 3 is 2.15 bits per heavy atom. The van der Waals surface area contributed by atoms with Gasteiger partial charge in [0.15, 0.2) is 5.82 Å². The molecule has 264 valence electrons. The van der Waals surface area contributed by atoms with Gasteiger partial charge in [-0.15, -0.1) is 0 Å². The van der Waals surface area contributed by atoms with E-state index in [4.69, 9.17) is 33.2 Å². The number of hydrogen-bond acceptors (Lipinski definition) is 9. The fourth-order valence-electron chi connectivity index (χ4n) is 7.38. The fourth-order valence-corrected chi connectivity index (χ4v) is 7.95. The van der Waals surface area contributed by atoms with Crippen molar-refractivity contribution in [2.24, 2.45) is 5.92 Å². The summed E-state index contributed by atoms with van der Waals surface area (Å²) in [6.07, 6.45) is 8.96. The third-order valence-corrected chi connectivity index (χ3v) is 10.9. The molecule has 52 heavy (non-hydrogen) atoms. The van der Waals surface area contributed by atoms with Crippen LogP contribution in [-0.2, 0) is 24.3 Å². The Hall–Kier alpha value is -4.71. The minimum atomic E-state index is -0.731. The summed E-state index contributed by atoms with van der Waals surface area (Å²) in [4.78, 5) is 34.7. The van der Waals surface area contributed by atoms with Gasteiger partial charge in [-0.25, -0.2) is 4.98 Å². The first kappa shape index (κ1) is 34.4. The Labute approximate surface area is 311 Å². The number of benzene rings is 2. The molecule has 3 N–H and O–H groups in total. The molecule has 0 bridgehead atoms. The number of nitrogens with zero attached hydrogens (tertiary/aromatic N) is 6. The molecule has 2 aliphatic rings. The molecule has 2 saturated heterocycles. The van der Waals surface area contributed by atoms with Gasteiger partial charge in [-0.3, -0.25) is 29.5 Å². The van der Waals surface area contributed by atoms with Crippen LogP contribution in [0.15, 0.2) is 85.5 Å². The Bertz CT molecular complexity index is 2300. The molecule has 2 fully saturated rings. The molecule has 4 aromatic heterocycles. The number of pyridine rings is 4. The standard InChI is InChI=1S/C40H37Cl2N7O3/c41-35-26(17-34-37-27(7-11-43-34)15-24(18-45-37)20-48-13-9-29(22-48)40(51)52)3-1-4-31(35)32-5-2-6-33(36(32)42)47-39-38-28(8-12-44-39)16-25(19-46-38)21-49-14-10-30(50)23-49/h1-8,11-12,15-16,18-19,29-30,50H,9-10,13-14,17,20-23H2,(H,44,47)(H,51,52)/t29-,30-/m0/s1. The van der Waals surface area contributed by atoms with Crippen molar-refractivity contribution in [2.75, 3.05) is 31.5 Å². The molecule has 2 aromatic carbocycles. The number of β-amino-alcohol motifs (C(OH)–C–C–N with tert-alkyl or cyclic N) is 1. The number of carbonyl (C=O) groups is 1. The van der Waals surface area contributed by atoms with E-state index in [9.17, 15) is 15.0 Å². The van der Waals surface area contributed by atoms with Crippen molar-refractivity contribution in [2.45, 2.75) is 38.5 Å². The zero-order chi connectivity index (χ0) is 35.8. The molecule has 0 saturated carbocycles. The van der Waals surface area contributed by atoms with Gasteiger partial charge < -0.3 is 15.5 Å². The molecule has 6 aromatic rings. The number of anilines is 2. The van der Waals surface area contributed by atoms with Crippen LogP contribution in [0, 0.1) is 5.92 Å². The lowest BCUT2D eigenvalue weighted by molar-refractivity contribution is -0.141. The zero-order valence-electron chi connectivity index (χ0n) is 28.3. The second-order valence-electron chi connectivity index (χ2n) is 13.7. The topological polar surface area (TPSA) is 128 Å². The molecule has 10 nitrogen and oxygen atoms in total. The van der Waals surface area contributed by atoms with Crippen LogP contribution in [0.25, 0.3) is 32.9 Å². The van der Waals surface area contributed by atoms with Gasteiger partial charge in [0.1, 0.15) is 5.52 Å². The Morgan fingerprint density at radius 2 is 1.44 bits per heavy atom. The SMILES string of the molecule is O=C(O)[C@H]1CCN(Cc2cnc3c(Cc4cccc(-c5cccc(Nc6nccc7cc(CN8CC[C@H](O)C8)cnc67)c5Cl)c4Cl)nccc3c2)C1. The van der Waals surface area contributed by atoms with Crippen LogP contribution in [0.3, 0.4) is 0 Å². The number of carboxylic acid groups (broad SMARTS) is 1. The minimum Gasteiger partial charge on any atom is -0.481 e. The molecule has 6 heterocycles. The summed E-state index contributed by atoms with van der Waals surface area (Å²) in [5.41, 5.74) is 7.64. The van der Waals surface area contributed by atoms with Crippen LogP contribution in [-0.4, -0.2) is 78.2 Å². The normalized spacial score (nSPS) is 18.1. The first-order valence-corrected chi connectivity index (χ1v) is 18.2. The molecule has 0 radical (unpaired) electrons. The Kier molecular flexibility index (Phi) is 9.74. The van der Waals surface area contributed by atoms with Crippen LogP contribution in [0.5, 0.6) is 0 Å². The molecule has 12 heteroatoms. The van der Waals surface area contributed by atoms with E-state index in [1.807, 2.05) is 60.9 Å². The van der Waals surface area contributed by atoms with Gasteiger partial charge in [0, 0.05) is 85.8 Å². The van der Waals surface area contributed by atoms with E-state index in [-0.39, 0.29) is 12.0 Å². The van der Waals surface area contributed by atoms with Crippen molar-refractivity contribution in [1.29, 1.82) is 0 Å². The van der Waals surface area contributed by atoms with Gasteiger partial charge in [-0.1, -0.05) is 53.5 Å². The summed E-state index contributed by atoms with van der Waals surface area (Å²) >= 11 is 14.2. The highest BCUT2D eigenvalue weighted by molar-refractivity contribution is 6.38. The molecular formula is C40H37Cl2N7O3. The average Bonchev–Trinajstić information content (AvgIpc) is 3.79. The zero-order valence-corrected chi connectivity index (χ0v) is 29.9. The maximum atomic E-state index is 11.4. The first-order chi connectivity index (χ1) is 25.3. The molecule has 0 spiro atoms. The highest BCUT2D eigenvalue weighted by Gasteiger charge is 2.28. The fraction of sp³-hybridized carbons (Fsp3) is 0.275. The van der Waals surface area contributed by atoms with Crippen molar-refractivity contribution in [3.8, 4) is 11.1 Å². The largest absolute Gasteiger partial charge is 0.481 e. The van der Waals surface area contributed by atoms with Gasteiger partial charge in [0.25, 0.3) is 0 Å². The number of aromatic nitrogens is 4. The number of aliphatic carboxylic acids is 1. The smallest absolute Gasteiger partial charge is 0.307 e. The number of carboxylic acids is 1. The lowest BCUT2D eigenvalue weighted by atomic mass is 9.99. The van der Waals surface area contributed by atoms with E-state index in [1.165, 1.54) is 0 Å². The molecular weight excluding hydrogens is 697 g/mol. The lowest BCUT2D eigenvalue weighted by Crippen LogP contribution is -2.22. The molecule has 0 amide bonds. The second kappa shape index (κ2) is 14.7. The number of hydrogen-bond donors (Lipinski definition) is 3. The van der Waals surface area contributed by atoms with Crippen LogP contribution in [0.2, 0.25) is 10.0 Å². The summed E-state index contributed by atoms with van der Waals surface area (Å²) in [5.74, 6) is -0.443. The van der Waals surface area contributed by atoms with Gasteiger partial charge in [0.05, 0.1) is 39.0 Å². The maximum Gasteiger partial charge on any atom is 0.307 e. The summed E-state index contributed by atoms with van der Waals surface area (Å²) < 4.78 is 0. The van der Waals surface area contributed by atoms with E-state index in [0.717, 1.165) is 81.4 Å². The molecule has 0 unspecified atom stereocenters. The number of fused-ring (bicyclic) bond motifs is 2. The van der Waals surface area contributed by atoms with Crippen molar-refractivity contribution in [3.63, 3.8) is 0 Å². The predicted octanol–water partition coefficient (Wildman–Crippen LogP) is 7.35. The van der Waals surface area contributed by atoms with E-state index >= 15 is 0 Å². The highest BCUT2D eigenvalue weighted by atomic mass is 35.5. The second-order valence-corrected chi connectivity index (χ2v) is 14.5.